The van der Waals surface area contributed by atoms with E-state index in [1.54, 1.807) is 0 Å². The molecule has 94 valence electrons. The molecule has 18 heavy (non-hydrogen) atoms. The fourth-order valence-corrected chi connectivity index (χ4v) is 3.24. The van der Waals surface area contributed by atoms with Gasteiger partial charge < -0.3 is 0 Å². The molecule has 3 rings (SSSR count). The second-order valence-corrected chi connectivity index (χ2v) is 6.02. The van der Waals surface area contributed by atoms with Crippen LogP contribution in [0.15, 0.2) is 24.3 Å². The lowest BCUT2D eigenvalue weighted by Crippen LogP contribution is -2.22. The summed E-state index contributed by atoms with van der Waals surface area (Å²) in [6.07, 6.45) is 2.33. The standard InChI is InChI=1S/C13H14ClN3S/c1-17(8-11-13(14)18-16-15-11)12-7-6-9-4-2-3-5-10(9)12/h2-5,12H,6-8H2,1H3. The van der Waals surface area contributed by atoms with E-state index >= 15 is 0 Å². The summed E-state index contributed by atoms with van der Waals surface area (Å²) < 4.78 is 4.58. The third-order valence-electron chi connectivity index (χ3n) is 3.54. The molecule has 1 unspecified atom stereocenters. The van der Waals surface area contributed by atoms with Crippen molar-refractivity contribution in [1.29, 1.82) is 0 Å². The Balaban J connectivity index is 1.79. The molecule has 0 bridgehead atoms. The van der Waals surface area contributed by atoms with E-state index in [4.69, 9.17) is 11.6 Å². The predicted molar refractivity (Wildman–Crippen MR) is 73.9 cm³/mol. The summed E-state index contributed by atoms with van der Waals surface area (Å²) in [4.78, 5) is 2.31. The third kappa shape index (κ3) is 2.16. The lowest BCUT2D eigenvalue weighted by atomic mass is 10.1. The summed E-state index contributed by atoms with van der Waals surface area (Å²) in [5, 5.41) is 4.08. The molecule has 3 nitrogen and oxygen atoms in total. The summed E-state index contributed by atoms with van der Waals surface area (Å²) in [5.74, 6) is 0. The van der Waals surface area contributed by atoms with Crippen molar-refractivity contribution in [1.82, 2.24) is 14.5 Å². The monoisotopic (exact) mass is 279 g/mol. The molecule has 0 saturated heterocycles. The number of rotatable bonds is 3. The van der Waals surface area contributed by atoms with Crippen molar-refractivity contribution in [3.63, 3.8) is 0 Å². The van der Waals surface area contributed by atoms with Crippen molar-refractivity contribution < 1.29 is 0 Å². The number of nitrogens with zero attached hydrogens (tertiary/aromatic N) is 3. The number of benzene rings is 1. The largest absolute Gasteiger partial charge is 0.293 e. The van der Waals surface area contributed by atoms with Crippen LogP contribution in [0.2, 0.25) is 4.34 Å². The highest BCUT2D eigenvalue weighted by Crippen LogP contribution is 2.35. The van der Waals surface area contributed by atoms with Crippen LogP contribution in [0.25, 0.3) is 0 Å². The van der Waals surface area contributed by atoms with Gasteiger partial charge in [0.05, 0.1) is 0 Å². The quantitative estimate of drug-likeness (QED) is 0.863. The average Bonchev–Trinajstić information content (AvgIpc) is 2.96. The highest BCUT2D eigenvalue weighted by molar-refractivity contribution is 7.10. The molecular formula is C13H14ClN3S. The van der Waals surface area contributed by atoms with E-state index in [2.05, 4.69) is 45.8 Å². The first-order valence-corrected chi connectivity index (χ1v) is 7.15. The molecule has 1 heterocycles. The number of fused-ring (bicyclic) bond motifs is 1. The maximum Gasteiger partial charge on any atom is 0.138 e. The molecule has 1 aliphatic carbocycles. The van der Waals surface area contributed by atoms with Gasteiger partial charge in [0.15, 0.2) is 0 Å². The molecular weight excluding hydrogens is 266 g/mol. The van der Waals surface area contributed by atoms with Gasteiger partial charge >= 0.3 is 0 Å². The van der Waals surface area contributed by atoms with E-state index in [1.807, 2.05) is 0 Å². The highest BCUT2D eigenvalue weighted by atomic mass is 35.5. The number of halogens is 1. The summed E-state index contributed by atoms with van der Waals surface area (Å²) >= 11 is 7.31. The van der Waals surface area contributed by atoms with Gasteiger partial charge in [-0.3, -0.25) is 4.90 Å². The lowest BCUT2D eigenvalue weighted by molar-refractivity contribution is 0.233. The van der Waals surface area contributed by atoms with Gasteiger partial charge in [0.1, 0.15) is 10.0 Å². The smallest absolute Gasteiger partial charge is 0.138 e. The van der Waals surface area contributed by atoms with Gasteiger partial charge in [0.2, 0.25) is 0 Å². The normalized spacial score (nSPS) is 18.3. The van der Waals surface area contributed by atoms with Gasteiger partial charge in [-0.2, -0.15) is 0 Å². The maximum absolute atomic E-state index is 6.06. The minimum atomic E-state index is 0.471. The number of hydrogen-bond acceptors (Lipinski definition) is 4. The van der Waals surface area contributed by atoms with Crippen molar-refractivity contribution in [3.05, 3.63) is 45.4 Å². The Labute approximate surface area is 116 Å². The zero-order valence-corrected chi connectivity index (χ0v) is 11.7. The van der Waals surface area contributed by atoms with Crippen LogP contribution in [-0.4, -0.2) is 21.5 Å². The topological polar surface area (TPSA) is 29.0 Å². The van der Waals surface area contributed by atoms with Crippen LogP contribution in [0.3, 0.4) is 0 Å². The van der Waals surface area contributed by atoms with Crippen molar-refractivity contribution in [3.8, 4) is 0 Å². The highest BCUT2D eigenvalue weighted by Gasteiger charge is 2.26. The molecule has 0 aliphatic heterocycles. The Morgan fingerprint density at radius 1 is 1.44 bits per heavy atom. The Morgan fingerprint density at radius 2 is 2.28 bits per heavy atom. The Hall–Kier alpha value is -0.970. The molecule has 1 atom stereocenters. The van der Waals surface area contributed by atoms with E-state index in [9.17, 15) is 0 Å². The van der Waals surface area contributed by atoms with E-state index in [1.165, 1.54) is 29.1 Å². The fraction of sp³-hybridized carbons (Fsp3) is 0.385. The molecule has 1 aromatic carbocycles. The first-order chi connectivity index (χ1) is 8.75. The van der Waals surface area contributed by atoms with Crippen molar-refractivity contribution >= 4 is 23.1 Å². The zero-order chi connectivity index (χ0) is 12.5. The van der Waals surface area contributed by atoms with Gasteiger partial charge in [-0.25, -0.2) is 0 Å². The average molecular weight is 280 g/mol. The molecule has 2 aromatic rings. The van der Waals surface area contributed by atoms with E-state index < -0.39 is 0 Å². The van der Waals surface area contributed by atoms with Crippen LogP contribution >= 0.6 is 23.1 Å². The van der Waals surface area contributed by atoms with E-state index in [0.717, 1.165) is 18.7 Å². The second kappa shape index (κ2) is 4.96. The molecule has 0 fully saturated rings. The van der Waals surface area contributed by atoms with Crippen LogP contribution in [0.4, 0.5) is 0 Å². The minimum absolute atomic E-state index is 0.471. The van der Waals surface area contributed by atoms with E-state index in [-0.39, 0.29) is 0 Å². The predicted octanol–water partition coefficient (Wildman–Crippen LogP) is 3.31. The molecule has 0 saturated carbocycles. The van der Waals surface area contributed by atoms with Gasteiger partial charge in [-0.1, -0.05) is 40.4 Å². The zero-order valence-electron chi connectivity index (χ0n) is 10.1. The Kier molecular flexibility index (Phi) is 3.33. The summed E-state index contributed by atoms with van der Waals surface area (Å²) in [5.41, 5.74) is 3.80. The van der Waals surface area contributed by atoms with Crippen LogP contribution in [0, 0.1) is 0 Å². The van der Waals surface area contributed by atoms with E-state index in [0.29, 0.717) is 10.4 Å². The van der Waals surface area contributed by atoms with Crippen molar-refractivity contribution in [2.75, 3.05) is 7.05 Å². The number of hydrogen-bond donors (Lipinski definition) is 0. The third-order valence-corrected chi connectivity index (χ3v) is 4.53. The first kappa shape index (κ1) is 12.1. The lowest BCUT2D eigenvalue weighted by Gasteiger charge is -2.24. The number of aromatic nitrogens is 2. The summed E-state index contributed by atoms with van der Waals surface area (Å²) in [6.45, 7) is 0.758. The van der Waals surface area contributed by atoms with Crippen LogP contribution in [-0.2, 0) is 13.0 Å². The van der Waals surface area contributed by atoms with Crippen molar-refractivity contribution in [2.24, 2.45) is 0 Å². The van der Waals surface area contributed by atoms with Gasteiger partial charge in [0.25, 0.3) is 0 Å². The molecule has 0 radical (unpaired) electrons. The molecule has 1 aliphatic rings. The summed E-state index contributed by atoms with van der Waals surface area (Å²) in [6, 6.07) is 9.15. The molecule has 5 heteroatoms. The number of aryl methyl sites for hydroxylation is 1. The molecule has 0 N–H and O–H groups in total. The van der Waals surface area contributed by atoms with Crippen molar-refractivity contribution in [2.45, 2.75) is 25.4 Å². The van der Waals surface area contributed by atoms with Gasteiger partial charge in [-0.05, 0) is 31.0 Å². The van der Waals surface area contributed by atoms with Gasteiger partial charge in [-0.15, -0.1) is 5.10 Å². The molecule has 0 spiro atoms. The Morgan fingerprint density at radius 3 is 3.06 bits per heavy atom. The SMILES string of the molecule is CN(Cc1nnsc1Cl)C1CCc2ccccc21. The minimum Gasteiger partial charge on any atom is -0.293 e. The Bertz CT molecular complexity index is 555. The second-order valence-electron chi connectivity index (χ2n) is 4.66. The molecule has 1 aromatic heterocycles. The van der Waals surface area contributed by atoms with Crippen LogP contribution in [0.1, 0.15) is 29.3 Å². The first-order valence-electron chi connectivity index (χ1n) is 6.00. The van der Waals surface area contributed by atoms with Crippen LogP contribution in [0.5, 0.6) is 0 Å². The van der Waals surface area contributed by atoms with Gasteiger partial charge in [0, 0.05) is 24.1 Å². The van der Waals surface area contributed by atoms with Crippen LogP contribution < -0.4 is 0 Å². The fourth-order valence-electron chi connectivity index (χ4n) is 2.63. The maximum atomic E-state index is 6.06. The summed E-state index contributed by atoms with van der Waals surface area (Å²) in [7, 11) is 2.13. The molecule has 0 amide bonds.